The summed E-state index contributed by atoms with van der Waals surface area (Å²) in [7, 11) is -0.163. The highest BCUT2D eigenvalue weighted by molar-refractivity contribution is 7.89. The Morgan fingerprint density at radius 2 is 2.04 bits per heavy atom. The summed E-state index contributed by atoms with van der Waals surface area (Å²) in [6.45, 7) is 2.44. The maximum absolute atomic E-state index is 12.7. The fourth-order valence-electron chi connectivity index (χ4n) is 2.91. The van der Waals surface area contributed by atoms with Crippen molar-refractivity contribution >= 4 is 21.6 Å². The molecule has 3 heterocycles. The van der Waals surface area contributed by atoms with Gasteiger partial charge < -0.3 is 5.32 Å². The first kappa shape index (κ1) is 17.6. The number of carbonyl (C=O) groups excluding carboxylic acids is 1. The Bertz CT molecular complexity index is 885. The lowest BCUT2D eigenvalue weighted by molar-refractivity contribution is -0.120. The van der Waals surface area contributed by atoms with E-state index >= 15 is 0 Å². The molecule has 2 aromatic heterocycles. The highest BCUT2D eigenvalue weighted by atomic mass is 32.2. The standard InChI is InChI=1S/C15H22N6O3S/c1-11-14(8-17-20(11)3)18-15(22)12-5-4-6-21(9-12)25(23,24)13-7-16-19(2)10-13/h7-8,10,12H,4-6,9H2,1-3H3,(H,18,22)/t12-/m1/s1. The molecule has 0 bridgehead atoms. The molecule has 0 unspecified atom stereocenters. The summed E-state index contributed by atoms with van der Waals surface area (Å²) >= 11 is 0. The van der Waals surface area contributed by atoms with Crippen molar-refractivity contribution in [2.75, 3.05) is 18.4 Å². The van der Waals surface area contributed by atoms with E-state index < -0.39 is 10.0 Å². The molecule has 10 heteroatoms. The Kier molecular flexibility index (Phi) is 4.65. The molecular weight excluding hydrogens is 344 g/mol. The van der Waals surface area contributed by atoms with Gasteiger partial charge in [-0.3, -0.25) is 14.2 Å². The van der Waals surface area contributed by atoms with Gasteiger partial charge in [-0.1, -0.05) is 0 Å². The molecule has 0 spiro atoms. The summed E-state index contributed by atoms with van der Waals surface area (Å²) in [4.78, 5) is 12.7. The smallest absolute Gasteiger partial charge is 0.246 e. The van der Waals surface area contributed by atoms with Crippen molar-refractivity contribution in [2.45, 2.75) is 24.7 Å². The van der Waals surface area contributed by atoms with Gasteiger partial charge in [-0.2, -0.15) is 14.5 Å². The zero-order valence-corrected chi connectivity index (χ0v) is 15.3. The number of sulfonamides is 1. The largest absolute Gasteiger partial charge is 0.323 e. The number of aromatic nitrogens is 4. The number of rotatable bonds is 4. The molecule has 0 aromatic carbocycles. The minimum Gasteiger partial charge on any atom is -0.323 e. The first-order valence-electron chi connectivity index (χ1n) is 8.07. The van der Waals surface area contributed by atoms with Gasteiger partial charge in [-0.15, -0.1) is 0 Å². The third kappa shape index (κ3) is 3.45. The fraction of sp³-hybridized carbons (Fsp3) is 0.533. The van der Waals surface area contributed by atoms with Crippen LogP contribution in [0.4, 0.5) is 5.69 Å². The Morgan fingerprint density at radius 3 is 2.64 bits per heavy atom. The second-order valence-corrected chi connectivity index (χ2v) is 8.25. The maximum Gasteiger partial charge on any atom is 0.246 e. The molecule has 2 aromatic rings. The molecule has 1 saturated heterocycles. The number of nitrogens with one attached hydrogen (secondary N) is 1. The SMILES string of the molecule is Cc1c(NC(=O)[C@@H]2CCCN(S(=O)(=O)c3cnn(C)c3)C2)cnn1C. The molecule has 1 atom stereocenters. The predicted octanol–water partition coefficient (Wildman–Crippen LogP) is 0.501. The molecule has 9 nitrogen and oxygen atoms in total. The molecule has 3 rings (SSSR count). The molecule has 1 N–H and O–H groups in total. The van der Waals surface area contributed by atoms with Crippen LogP contribution in [-0.4, -0.2) is 51.3 Å². The van der Waals surface area contributed by atoms with Gasteiger partial charge in [0.25, 0.3) is 0 Å². The monoisotopic (exact) mass is 366 g/mol. The lowest BCUT2D eigenvalue weighted by Crippen LogP contribution is -2.43. The number of carbonyl (C=O) groups is 1. The van der Waals surface area contributed by atoms with E-state index in [4.69, 9.17) is 0 Å². The zero-order chi connectivity index (χ0) is 18.2. The van der Waals surface area contributed by atoms with Crippen LogP contribution >= 0.6 is 0 Å². The van der Waals surface area contributed by atoms with Crippen LogP contribution in [0.1, 0.15) is 18.5 Å². The van der Waals surface area contributed by atoms with Crippen molar-refractivity contribution in [1.82, 2.24) is 23.9 Å². The first-order chi connectivity index (χ1) is 11.8. The van der Waals surface area contributed by atoms with E-state index in [2.05, 4.69) is 15.5 Å². The molecule has 1 amide bonds. The number of aryl methyl sites for hydroxylation is 2. The zero-order valence-electron chi connectivity index (χ0n) is 14.5. The quantitative estimate of drug-likeness (QED) is 0.849. The first-order valence-corrected chi connectivity index (χ1v) is 9.51. The number of anilines is 1. The van der Waals surface area contributed by atoms with E-state index in [0.29, 0.717) is 25.1 Å². The van der Waals surface area contributed by atoms with Gasteiger partial charge in [0, 0.05) is 33.4 Å². The third-order valence-electron chi connectivity index (χ3n) is 4.57. The number of piperidine rings is 1. The molecule has 1 aliphatic rings. The third-order valence-corrected chi connectivity index (χ3v) is 6.39. The predicted molar refractivity (Wildman–Crippen MR) is 91.3 cm³/mol. The summed E-state index contributed by atoms with van der Waals surface area (Å²) in [5.41, 5.74) is 1.50. The Balaban J connectivity index is 1.72. The Morgan fingerprint density at radius 1 is 1.28 bits per heavy atom. The summed E-state index contributed by atoms with van der Waals surface area (Å²) in [5.74, 6) is -0.568. The molecule has 0 saturated carbocycles. The number of nitrogens with zero attached hydrogens (tertiary/aromatic N) is 5. The fourth-order valence-corrected chi connectivity index (χ4v) is 4.42. The molecular formula is C15H22N6O3S. The molecule has 136 valence electrons. The van der Waals surface area contributed by atoms with Crippen molar-refractivity contribution < 1.29 is 13.2 Å². The lowest BCUT2D eigenvalue weighted by Gasteiger charge is -2.30. The van der Waals surface area contributed by atoms with Crippen LogP contribution in [0.2, 0.25) is 0 Å². The van der Waals surface area contributed by atoms with E-state index in [-0.39, 0.29) is 23.3 Å². The average Bonchev–Trinajstić information content (AvgIpc) is 3.16. The van der Waals surface area contributed by atoms with Gasteiger partial charge in [-0.05, 0) is 19.8 Å². The topological polar surface area (TPSA) is 102 Å². The van der Waals surface area contributed by atoms with Gasteiger partial charge >= 0.3 is 0 Å². The van der Waals surface area contributed by atoms with E-state index in [1.807, 2.05) is 6.92 Å². The minimum absolute atomic E-state index is 0.152. The van der Waals surface area contributed by atoms with Gasteiger partial charge in [0.05, 0.1) is 29.7 Å². The second kappa shape index (κ2) is 6.60. The summed E-state index contributed by atoms with van der Waals surface area (Å²) in [5, 5.41) is 10.9. The van der Waals surface area contributed by atoms with Crippen LogP contribution < -0.4 is 5.32 Å². The van der Waals surface area contributed by atoms with E-state index in [1.165, 1.54) is 21.4 Å². The Labute approximate surface area is 146 Å². The van der Waals surface area contributed by atoms with Crippen LogP contribution in [0.25, 0.3) is 0 Å². The normalized spacial score (nSPS) is 19.1. The molecule has 1 aliphatic heterocycles. The number of hydrogen-bond acceptors (Lipinski definition) is 5. The van der Waals surface area contributed by atoms with E-state index in [9.17, 15) is 13.2 Å². The van der Waals surface area contributed by atoms with Gasteiger partial charge in [0.2, 0.25) is 15.9 Å². The summed E-state index contributed by atoms with van der Waals surface area (Å²) in [6, 6.07) is 0. The summed E-state index contributed by atoms with van der Waals surface area (Å²) < 4.78 is 29.9. The van der Waals surface area contributed by atoms with Crippen LogP contribution in [0, 0.1) is 12.8 Å². The van der Waals surface area contributed by atoms with Crippen molar-refractivity contribution in [2.24, 2.45) is 20.0 Å². The van der Waals surface area contributed by atoms with Crippen molar-refractivity contribution in [3.8, 4) is 0 Å². The molecule has 25 heavy (non-hydrogen) atoms. The van der Waals surface area contributed by atoms with Crippen LogP contribution in [0.5, 0.6) is 0 Å². The van der Waals surface area contributed by atoms with Crippen molar-refractivity contribution in [3.63, 3.8) is 0 Å². The summed E-state index contributed by atoms with van der Waals surface area (Å²) in [6.07, 6.45) is 5.70. The van der Waals surface area contributed by atoms with Crippen LogP contribution in [0.15, 0.2) is 23.5 Å². The van der Waals surface area contributed by atoms with Crippen LogP contribution in [0.3, 0.4) is 0 Å². The van der Waals surface area contributed by atoms with E-state index in [1.54, 1.807) is 25.0 Å². The van der Waals surface area contributed by atoms with Crippen LogP contribution in [-0.2, 0) is 28.9 Å². The van der Waals surface area contributed by atoms with Gasteiger partial charge in [0.15, 0.2) is 0 Å². The average molecular weight is 366 g/mol. The minimum atomic E-state index is -3.63. The van der Waals surface area contributed by atoms with Crippen molar-refractivity contribution in [3.05, 3.63) is 24.3 Å². The highest BCUT2D eigenvalue weighted by Gasteiger charge is 2.34. The number of hydrogen-bond donors (Lipinski definition) is 1. The maximum atomic E-state index is 12.7. The molecule has 1 fully saturated rings. The Hall–Kier alpha value is -2.20. The second-order valence-electron chi connectivity index (χ2n) is 6.31. The van der Waals surface area contributed by atoms with Gasteiger partial charge in [-0.25, -0.2) is 8.42 Å². The highest BCUT2D eigenvalue weighted by Crippen LogP contribution is 2.25. The van der Waals surface area contributed by atoms with Crippen molar-refractivity contribution in [1.29, 1.82) is 0 Å². The number of amides is 1. The van der Waals surface area contributed by atoms with E-state index in [0.717, 1.165) is 5.69 Å². The van der Waals surface area contributed by atoms with Gasteiger partial charge in [0.1, 0.15) is 4.90 Å². The molecule has 0 radical (unpaired) electrons. The molecule has 0 aliphatic carbocycles. The lowest BCUT2D eigenvalue weighted by atomic mass is 9.99.